The predicted molar refractivity (Wildman–Crippen MR) is 151 cm³/mol. The number of rotatable bonds is 11. The van der Waals surface area contributed by atoms with Gasteiger partial charge in [0.2, 0.25) is 5.91 Å². The largest absolute Gasteiger partial charge is 0.482 e. The lowest BCUT2D eigenvalue weighted by molar-refractivity contribution is -0.142. The molecule has 0 spiro atoms. The second kappa shape index (κ2) is 13.9. The number of ether oxygens (including phenoxy) is 1. The highest BCUT2D eigenvalue weighted by Crippen LogP contribution is 2.28. The minimum absolute atomic E-state index is 0.0825. The van der Waals surface area contributed by atoms with Gasteiger partial charge in [0.05, 0.1) is 5.02 Å². The smallest absolute Gasteiger partial charge is 0.261 e. The predicted octanol–water partition coefficient (Wildman–Crippen LogP) is 7.09. The number of halogens is 4. The maximum Gasteiger partial charge on any atom is 0.261 e. The molecule has 9 heteroatoms. The van der Waals surface area contributed by atoms with E-state index in [1.54, 1.807) is 30.3 Å². The minimum atomic E-state index is -0.815. The van der Waals surface area contributed by atoms with Crippen LogP contribution in [0, 0.1) is 5.92 Å². The summed E-state index contributed by atoms with van der Waals surface area (Å²) in [6.45, 7) is 4.23. The van der Waals surface area contributed by atoms with E-state index in [0.29, 0.717) is 39.3 Å². The SMILES string of the molecule is CC(C)CNC(=O)[C@H](Cc1ccccc1)N(Cc1ccc(Cl)cc1Cl)C(=O)COc1ccc(Cl)cc1Cl. The van der Waals surface area contributed by atoms with Crippen LogP contribution in [0.2, 0.25) is 20.1 Å². The zero-order valence-electron chi connectivity index (χ0n) is 20.5. The quantitative estimate of drug-likeness (QED) is 0.263. The first-order valence-corrected chi connectivity index (χ1v) is 13.3. The summed E-state index contributed by atoms with van der Waals surface area (Å²) in [6, 6.07) is 18.5. The average Bonchev–Trinajstić information content (AvgIpc) is 2.85. The lowest BCUT2D eigenvalue weighted by atomic mass is 10.0. The Kier molecular flexibility index (Phi) is 11.0. The van der Waals surface area contributed by atoms with Crippen molar-refractivity contribution in [2.75, 3.05) is 13.2 Å². The fourth-order valence-corrected chi connectivity index (χ4v) is 4.56. The highest BCUT2D eigenvalue weighted by molar-refractivity contribution is 6.35. The molecule has 196 valence electrons. The van der Waals surface area contributed by atoms with Gasteiger partial charge in [0.1, 0.15) is 11.8 Å². The number of carbonyl (C=O) groups is 2. The van der Waals surface area contributed by atoms with Gasteiger partial charge < -0.3 is 15.0 Å². The molecule has 3 rings (SSSR count). The molecule has 3 aromatic rings. The maximum atomic E-state index is 13.6. The van der Waals surface area contributed by atoms with Gasteiger partial charge in [-0.2, -0.15) is 0 Å². The lowest BCUT2D eigenvalue weighted by Crippen LogP contribution is -2.52. The van der Waals surface area contributed by atoms with Crippen LogP contribution in [0.1, 0.15) is 25.0 Å². The lowest BCUT2D eigenvalue weighted by Gasteiger charge is -2.32. The van der Waals surface area contributed by atoms with Crippen molar-refractivity contribution in [3.05, 3.63) is 97.9 Å². The molecule has 2 amide bonds. The van der Waals surface area contributed by atoms with Crippen molar-refractivity contribution < 1.29 is 14.3 Å². The van der Waals surface area contributed by atoms with Crippen molar-refractivity contribution in [3.63, 3.8) is 0 Å². The highest BCUT2D eigenvalue weighted by atomic mass is 35.5. The van der Waals surface area contributed by atoms with Crippen LogP contribution >= 0.6 is 46.4 Å². The van der Waals surface area contributed by atoms with Gasteiger partial charge in [0, 0.05) is 34.6 Å². The Morgan fingerprint density at radius 1 is 0.892 bits per heavy atom. The van der Waals surface area contributed by atoms with Crippen molar-refractivity contribution in [1.29, 1.82) is 0 Å². The molecule has 0 aliphatic heterocycles. The van der Waals surface area contributed by atoms with E-state index in [2.05, 4.69) is 5.32 Å². The summed E-state index contributed by atoms with van der Waals surface area (Å²) in [5.41, 5.74) is 1.56. The van der Waals surface area contributed by atoms with Crippen LogP contribution < -0.4 is 10.1 Å². The van der Waals surface area contributed by atoms with Gasteiger partial charge in [-0.25, -0.2) is 0 Å². The second-order valence-electron chi connectivity index (χ2n) is 8.97. The Bertz CT molecular complexity index is 1220. The molecule has 37 heavy (non-hydrogen) atoms. The van der Waals surface area contributed by atoms with Crippen molar-refractivity contribution in [2.45, 2.75) is 32.9 Å². The first-order chi connectivity index (χ1) is 17.6. The van der Waals surface area contributed by atoms with Gasteiger partial charge in [-0.05, 0) is 47.4 Å². The summed E-state index contributed by atoms with van der Waals surface area (Å²) in [5, 5.41) is 4.58. The van der Waals surface area contributed by atoms with Gasteiger partial charge in [-0.3, -0.25) is 9.59 Å². The van der Waals surface area contributed by atoms with E-state index in [1.165, 1.54) is 11.0 Å². The van der Waals surface area contributed by atoms with E-state index >= 15 is 0 Å². The van der Waals surface area contributed by atoms with Crippen LogP contribution in [0.3, 0.4) is 0 Å². The second-order valence-corrected chi connectivity index (χ2v) is 10.7. The third-order valence-electron chi connectivity index (χ3n) is 5.56. The van der Waals surface area contributed by atoms with Crippen LogP contribution in [-0.4, -0.2) is 35.9 Å². The van der Waals surface area contributed by atoms with E-state index in [4.69, 9.17) is 51.1 Å². The van der Waals surface area contributed by atoms with Crippen LogP contribution in [-0.2, 0) is 22.6 Å². The van der Waals surface area contributed by atoms with Crippen molar-refractivity contribution in [1.82, 2.24) is 10.2 Å². The molecule has 1 atom stereocenters. The Morgan fingerprint density at radius 2 is 1.54 bits per heavy atom. The molecule has 0 heterocycles. The molecule has 0 aliphatic rings. The fraction of sp³-hybridized carbons (Fsp3) is 0.286. The molecular weight excluding hydrogens is 554 g/mol. The minimum Gasteiger partial charge on any atom is -0.482 e. The highest BCUT2D eigenvalue weighted by Gasteiger charge is 2.31. The van der Waals surface area contributed by atoms with Gasteiger partial charge in [0.15, 0.2) is 6.61 Å². The number of nitrogens with zero attached hydrogens (tertiary/aromatic N) is 1. The number of carbonyl (C=O) groups excluding carboxylic acids is 2. The molecule has 0 radical (unpaired) electrons. The molecular formula is C28H28Cl4N2O3. The van der Waals surface area contributed by atoms with Gasteiger partial charge in [-0.1, -0.05) is 96.6 Å². The summed E-state index contributed by atoms with van der Waals surface area (Å²) in [5.74, 6) is -0.113. The molecule has 0 unspecified atom stereocenters. The van der Waals surface area contributed by atoms with Gasteiger partial charge in [0.25, 0.3) is 5.91 Å². The third-order valence-corrected chi connectivity index (χ3v) is 6.67. The Balaban J connectivity index is 1.94. The monoisotopic (exact) mass is 580 g/mol. The van der Waals surface area contributed by atoms with Crippen LogP contribution in [0.4, 0.5) is 0 Å². The van der Waals surface area contributed by atoms with E-state index in [1.807, 2.05) is 44.2 Å². The van der Waals surface area contributed by atoms with Crippen LogP contribution in [0.25, 0.3) is 0 Å². The standard InChI is InChI=1S/C28H28Cl4N2O3/c1-18(2)15-33-28(36)25(12-19-6-4-3-5-7-19)34(16-20-8-9-21(29)13-23(20)31)27(35)17-37-26-11-10-22(30)14-24(26)32/h3-11,13-14,18,25H,12,15-17H2,1-2H3,(H,33,36)/t25-/m0/s1. The molecule has 0 aromatic heterocycles. The Morgan fingerprint density at radius 3 is 2.16 bits per heavy atom. The maximum absolute atomic E-state index is 13.6. The zero-order chi connectivity index (χ0) is 26.9. The van der Waals surface area contributed by atoms with Crippen LogP contribution in [0.15, 0.2) is 66.7 Å². The number of amides is 2. The average molecular weight is 582 g/mol. The summed E-state index contributed by atoms with van der Waals surface area (Å²) in [7, 11) is 0. The van der Waals surface area contributed by atoms with Crippen molar-refractivity contribution in [2.24, 2.45) is 5.92 Å². The number of hydrogen-bond acceptors (Lipinski definition) is 3. The fourth-order valence-electron chi connectivity index (χ4n) is 3.62. The molecule has 5 nitrogen and oxygen atoms in total. The molecule has 0 saturated heterocycles. The van der Waals surface area contributed by atoms with Gasteiger partial charge in [-0.15, -0.1) is 0 Å². The Labute approximate surface area is 237 Å². The topological polar surface area (TPSA) is 58.6 Å². The number of nitrogens with one attached hydrogen (secondary N) is 1. The molecule has 0 aliphatic carbocycles. The summed E-state index contributed by atoms with van der Waals surface area (Å²) in [6.07, 6.45) is 0.309. The van der Waals surface area contributed by atoms with Crippen molar-refractivity contribution in [3.8, 4) is 5.75 Å². The summed E-state index contributed by atoms with van der Waals surface area (Å²) < 4.78 is 5.73. The number of benzene rings is 3. The summed E-state index contributed by atoms with van der Waals surface area (Å²) in [4.78, 5) is 28.6. The molecule has 3 aromatic carbocycles. The van der Waals surface area contributed by atoms with Gasteiger partial charge >= 0.3 is 0 Å². The van der Waals surface area contributed by atoms with E-state index in [0.717, 1.165) is 5.56 Å². The zero-order valence-corrected chi connectivity index (χ0v) is 23.5. The first-order valence-electron chi connectivity index (χ1n) is 11.8. The third kappa shape index (κ3) is 8.82. The number of hydrogen-bond donors (Lipinski definition) is 1. The molecule has 0 saturated carbocycles. The summed E-state index contributed by atoms with van der Waals surface area (Å²) >= 11 is 24.7. The molecule has 1 N–H and O–H groups in total. The normalized spacial score (nSPS) is 11.8. The van der Waals surface area contributed by atoms with Crippen LogP contribution in [0.5, 0.6) is 5.75 Å². The van der Waals surface area contributed by atoms with E-state index < -0.39 is 11.9 Å². The molecule has 0 bridgehead atoms. The first kappa shape index (κ1) is 29.1. The molecule has 0 fully saturated rings. The Hall–Kier alpha value is -2.44. The van der Waals surface area contributed by atoms with E-state index in [-0.39, 0.29) is 30.0 Å². The van der Waals surface area contributed by atoms with E-state index in [9.17, 15) is 9.59 Å². The van der Waals surface area contributed by atoms with Crippen molar-refractivity contribution >= 4 is 58.2 Å².